The van der Waals surface area contributed by atoms with Gasteiger partial charge in [-0.15, -0.1) is 0 Å². The molecule has 2 aromatic rings. The third kappa shape index (κ3) is 4.12. The molecule has 0 radical (unpaired) electrons. The average Bonchev–Trinajstić information content (AvgIpc) is 3.14. The summed E-state index contributed by atoms with van der Waals surface area (Å²) in [6.45, 7) is 1.54. The van der Waals surface area contributed by atoms with Gasteiger partial charge in [-0.3, -0.25) is 4.79 Å². The molecular formula is C16H17BrN2O5S. The van der Waals surface area contributed by atoms with Crippen LogP contribution in [0.3, 0.4) is 0 Å². The normalized spacial score (nSPS) is 15.9. The molecule has 0 aliphatic carbocycles. The molecule has 0 atom stereocenters. The maximum Gasteiger partial charge on any atom is 0.251 e. The molecule has 2 heterocycles. The smallest absolute Gasteiger partial charge is 0.251 e. The van der Waals surface area contributed by atoms with Gasteiger partial charge in [0.15, 0.2) is 0 Å². The van der Waals surface area contributed by atoms with Gasteiger partial charge in [0, 0.05) is 23.1 Å². The quantitative estimate of drug-likeness (QED) is 0.786. The van der Waals surface area contributed by atoms with Crippen LogP contribution in [-0.2, 0) is 21.3 Å². The van der Waals surface area contributed by atoms with Gasteiger partial charge in [0.05, 0.1) is 30.9 Å². The van der Waals surface area contributed by atoms with Crippen molar-refractivity contribution in [1.82, 2.24) is 9.62 Å². The molecule has 1 saturated heterocycles. The molecule has 1 amide bonds. The average molecular weight is 429 g/mol. The minimum Gasteiger partial charge on any atom is -0.467 e. The highest BCUT2D eigenvalue weighted by molar-refractivity contribution is 9.10. The number of nitrogens with zero attached hydrogens (tertiary/aromatic N) is 1. The zero-order valence-corrected chi connectivity index (χ0v) is 15.7. The van der Waals surface area contributed by atoms with Gasteiger partial charge < -0.3 is 14.5 Å². The molecular weight excluding hydrogens is 412 g/mol. The second-order valence-electron chi connectivity index (χ2n) is 5.42. The molecule has 0 saturated carbocycles. The standard InChI is InChI=1S/C16H17BrN2O5S/c17-14-4-3-12(16(20)18-11-13-2-1-7-24-13)10-15(14)25(21,22)19-5-8-23-9-6-19/h1-4,7,10H,5-6,8-9,11H2,(H,18,20). The molecule has 134 valence electrons. The molecule has 0 spiro atoms. The van der Waals surface area contributed by atoms with Crippen LogP contribution in [0.1, 0.15) is 16.1 Å². The highest BCUT2D eigenvalue weighted by Gasteiger charge is 2.28. The predicted molar refractivity (Wildman–Crippen MR) is 93.6 cm³/mol. The Balaban J connectivity index is 1.81. The van der Waals surface area contributed by atoms with Gasteiger partial charge >= 0.3 is 0 Å². The molecule has 1 aromatic heterocycles. The van der Waals surface area contributed by atoms with Crippen molar-refractivity contribution in [3.8, 4) is 0 Å². The zero-order valence-electron chi connectivity index (χ0n) is 13.3. The fourth-order valence-corrected chi connectivity index (χ4v) is 4.81. The van der Waals surface area contributed by atoms with Crippen LogP contribution in [-0.4, -0.2) is 44.9 Å². The summed E-state index contributed by atoms with van der Waals surface area (Å²) in [5.74, 6) is 0.244. The Kier molecular flexibility index (Phi) is 5.57. The number of ether oxygens (including phenoxy) is 1. The van der Waals surface area contributed by atoms with Gasteiger partial charge in [0.2, 0.25) is 10.0 Å². The number of nitrogens with one attached hydrogen (secondary N) is 1. The number of benzene rings is 1. The lowest BCUT2D eigenvalue weighted by Crippen LogP contribution is -2.40. The van der Waals surface area contributed by atoms with Crippen molar-refractivity contribution in [2.24, 2.45) is 0 Å². The lowest BCUT2D eigenvalue weighted by Gasteiger charge is -2.26. The third-order valence-corrected chi connectivity index (χ3v) is 6.68. The number of carbonyl (C=O) groups excluding carboxylic acids is 1. The minimum atomic E-state index is -3.70. The first-order valence-electron chi connectivity index (χ1n) is 7.66. The predicted octanol–water partition coefficient (Wildman–Crippen LogP) is 1.99. The van der Waals surface area contributed by atoms with Crippen molar-refractivity contribution in [1.29, 1.82) is 0 Å². The largest absolute Gasteiger partial charge is 0.467 e. The van der Waals surface area contributed by atoms with Crippen LogP contribution in [0.2, 0.25) is 0 Å². The van der Waals surface area contributed by atoms with E-state index in [2.05, 4.69) is 21.2 Å². The fourth-order valence-electron chi connectivity index (χ4n) is 2.45. The van der Waals surface area contributed by atoms with Crippen LogP contribution in [0.4, 0.5) is 0 Å². The Bertz CT molecular complexity index is 845. The number of sulfonamides is 1. The number of carbonyl (C=O) groups is 1. The first-order chi connectivity index (χ1) is 12.0. The van der Waals surface area contributed by atoms with Crippen LogP contribution in [0.15, 0.2) is 50.4 Å². The van der Waals surface area contributed by atoms with E-state index in [9.17, 15) is 13.2 Å². The number of hydrogen-bond donors (Lipinski definition) is 1. The van der Waals surface area contributed by atoms with E-state index in [0.717, 1.165) is 0 Å². The first-order valence-corrected chi connectivity index (χ1v) is 9.90. The Morgan fingerprint density at radius 1 is 1.24 bits per heavy atom. The fraction of sp³-hybridized carbons (Fsp3) is 0.312. The highest BCUT2D eigenvalue weighted by Crippen LogP contribution is 2.27. The summed E-state index contributed by atoms with van der Waals surface area (Å²) in [6.07, 6.45) is 1.52. The van der Waals surface area contributed by atoms with Crippen molar-refractivity contribution in [3.05, 3.63) is 52.4 Å². The summed E-state index contributed by atoms with van der Waals surface area (Å²) >= 11 is 3.27. The number of hydrogen-bond acceptors (Lipinski definition) is 5. The first kappa shape index (κ1) is 18.1. The number of rotatable bonds is 5. The second kappa shape index (κ2) is 7.69. The lowest BCUT2D eigenvalue weighted by atomic mass is 10.2. The van der Waals surface area contributed by atoms with Crippen LogP contribution >= 0.6 is 15.9 Å². The molecule has 25 heavy (non-hydrogen) atoms. The van der Waals surface area contributed by atoms with Gasteiger partial charge in [-0.05, 0) is 46.3 Å². The summed E-state index contributed by atoms with van der Waals surface area (Å²) < 4.78 is 37.8. The van der Waals surface area contributed by atoms with Gasteiger partial charge in [-0.2, -0.15) is 4.31 Å². The Morgan fingerprint density at radius 3 is 2.68 bits per heavy atom. The minimum absolute atomic E-state index is 0.0695. The van der Waals surface area contributed by atoms with Gasteiger partial charge in [-0.1, -0.05) is 0 Å². The zero-order chi connectivity index (χ0) is 17.9. The SMILES string of the molecule is O=C(NCc1ccco1)c1ccc(Br)c(S(=O)(=O)N2CCOCC2)c1. The van der Waals surface area contributed by atoms with E-state index < -0.39 is 10.0 Å². The third-order valence-electron chi connectivity index (χ3n) is 3.78. The van der Waals surface area contributed by atoms with Crippen molar-refractivity contribution in [2.75, 3.05) is 26.3 Å². The molecule has 7 nitrogen and oxygen atoms in total. The maximum atomic E-state index is 12.8. The van der Waals surface area contributed by atoms with Crippen LogP contribution in [0.5, 0.6) is 0 Å². The van der Waals surface area contributed by atoms with Gasteiger partial charge in [0.25, 0.3) is 5.91 Å². The molecule has 0 bridgehead atoms. The number of furan rings is 1. The number of amides is 1. The maximum absolute atomic E-state index is 12.8. The molecule has 1 aromatic carbocycles. The molecule has 1 fully saturated rings. The molecule has 3 rings (SSSR count). The summed E-state index contributed by atoms with van der Waals surface area (Å²) in [5.41, 5.74) is 0.265. The lowest BCUT2D eigenvalue weighted by molar-refractivity contribution is 0.0730. The van der Waals surface area contributed by atoms with Gasteiger partial charge in [-0.25, -0.2) is 8.42 Å². The van der Waals surface area contributed by atoms with E-state index in [1.807, 2.05) is 0 Å². The van der Waals surface area contributed by atoms with Crippen LogP contribution in [0.25, 0.3) is 0 Å². The summed E-state index contributed by atoms with van der Waals surface area (Å²) in [4.78, 5) is 12.4. The van der Waals surface area contributed by atoms with Crippen molar-refractivity contribution in [3.63, 3.8) is 0 Å². The van der Waals surface area contributed by atoms with Crippen LogP contribution in [0, 0.1) is 0 Å². The van der Waals surface area contributed by atoms with E-state index in [0.29, 0.717) is 36.5 Å². The number of morpholine rings is 1. The Labute approximate surface area is 154 Å². The van der Waals surface area contributed by atoms with Crippen molar-refractivity contribution in [2.45, 2.75) is 11.4 Å². The van der Waals surface area contributed by atoms with E-state index in [4.69, 9.17) is 9.15 Å². The molecule has 1 aliphatic heterocycles. The highest BCUT2D eigenvalue weighted by atomic mass is 79.9. The monoisotopic (exact) mass is 428 g/mol. The Morgan fingerprint density at radius 2 is 2.00 bits per heavy atom. The molecule has 0 unspecified atom stereocenters. The van der Waals surface area contributed by atoms with Crippen molar-refractivity contribution < 1.29 is 22.4 Å². The Hall–Kier alpha value is -1.68. The molecule has 1 N–H and O–H groups in total. The van der Waals surface area contributed by atoms with E-state index in [1.165, 1.54) is 16.6 Å². The molecule has 9 heteroatoms. The summed E-state index contributed by atoms with van der Waals surface area (Å²) in [7, 11) is -3.70. The number of halogens is 1. The topological polar surface area (TPSA) is 88.8 Å². The van der Waals surface area contributed by atoms with E-state index >= 15 is 0 Å². The van der Waals surface area contributed by atoms with Crippen LogP contribution < -0.4 is 5.32 Å². The van der Waals surface area contributed by atoms with Gasteiger partial charge in [0.1, 0.15) is 5.76 Å². The van der Waals surface area contributed by atoms with E-state index in [1.54, 1.807) is 24.3 Å². The summed E-state index contributed by atoms with van der Waals surface area (Å²) in [6, 6.07) is 7.99. The van der Waals surface area contributed by atoms with Crippen molar-refractivity contribution >= 4 is 31.9 Å². The second-order valence-corrected chi connectivity index (χ2v) is 8.18. The van der Waals surface area contributed by atoms with E-state index in [-0.39, 0.29) is 22.9 Å². The summed E-state index contributed by atoms with van der Waals surface area (Å²) in [5, 5.41) is 2.70. The molecule has 1 aliphatic rings.